The van der Waals surface area contributed by atoms with Crippen molar-refractivity contribution in [3.63, 3.8) is 0 Å². The highest BCUT2D eigenvalue weighted by Gasteiger charge is 2.15. The molecular formula is C16H14Cl2O4. The van der Waals surface area contributed by atoms with Crippen molar-refractivity contribution in [2.45, 2.75) is 6.61 Å². The molecule has 0 saturated carbocycles. The summed E-state index contributed by atoms with van der Waals surface area (Å²) in [5, 5.41) is 1.06. The number of hydrogen-bond donors (Lipinski definition) is 0. The van der Waals surface area contributed by atoms with Gasteiger partial charge in [0, 0.05) is 21.2 Å². The van der Waals surface area contributed by atoms with E-state index in [-0.39, 0.29) is 6.61 Å². The molecule has 0 spiro atoms. The lowest BCUT2D eigenvalue weighted by atomic mass is 10.2. The second-order valence-electron chi connectivity index (χ2n) is 4.40. The second kappa shape index (κ2) is 7.38. The Bertz CT molecular complexity index is 661. The van der Waals surface area contributed by atoms with Gasteiger partial charge in [-0.1, -0.05) is 29.3 Å². The highest BCUT2D eigenvalue weighted by atomic mass is 35.5. The number of benzene rings is 2. The zero-order valence-corrected chi connectivity index (χ0v) is 13.6. The number of ether oxygens (including phenoxy) is 3. The van der Waals surface area contributed by atoms with Crippen molar-refractivity contribution < 1.29 is 19.0 Å². The molecule has 116 valence electrons. The van der Waals surface area contributed by atoms with E-state index in [0.29, 0.717) is 39.1 Å². The fraction of sp³-hybridized carbons (Fsp3) is 0.188. The van der Waals surface area contributed by atoms with Crippen LogP contribution in [0.1, 0.15) is 15.9 Å². The molecule has 0 fully saturated rings. The summed E-state index contributed by atoms with van der Waals surface area (Å²) in [6.07, 6.45) is 0.713. The molecule has 0 saturated heterocycles. The van der Waals surface area contributed by atoms with Gasteiger partial charge in [-0.25, -0.2) is 0 Å². The summed E-state index contributed by atoms with van der Waals surface area (Å²) >= 11 is 12.0. The van der Waals surface area contributed by atoms with Gasteiger partial charge in [0.15, 0.2) is 11.5 Å². The van der Waals surface area contributed by atoms with Crippen LogP contribution < -0.4 is 14.2 Å². The molecule has 0 bridgehead atoms. The molecule has 0 aliphatic heterocycles. The summed E-state index contributed by atoms with van der Waals surface area (Å²) in [6, 6.07) is 8.31. The third kappa shape index (κ3) is 3.64. The Kier molecular flexibility index (Phi) is 5.52. The lowest BCUT2D eigenvalue weighted by Crippen LogP contribution is -2.01. The zero-order chi connectivity index (χ0) is 16.1. The molecule has 0 aliphatic carbocycles. The SMILES string of the molecule is COc1cc(C=O)cc(OC)c1OCc1ccc(Cl)cc1Cl. The summed E-state index contributed by atoms with van der Waals surface area (Å²) < 4.78 is 16.3. The first-order valence-electron chi connectivity index (χ1n) is 6.37. The van der Waals surface area contributed by atoms with Gasteiger partial charge in [-0.2, -0.15) is 0 Å². The number of hydrogen-bond acceptors (Lipinski definition) is 4. The molecule has 0 unspecified atom stereocenters. The fourth-order valence-corrected chi connectivity index (χ4v) is 2.36. The number of rotatable bonds is 6. The van der Waals surface area contributed by atoms with Gasteiger partial charge < -0.3 is 14.2 Å². The van der Waals surface area contributed by atoms with Gasteiger partial charge in [-0.15, -0.1) is 0 Å². The highest BCUT2D eigenvalue weighted by molar-refractivity contribution is 6.35. The molecule has 6 heteroatoms. The van der Waals surface area contributed by atoms with E-state index in [1.54, 1.807) is 30.3 Å². The monoisotopic (exact) mass is 340 g/mol. The van der Waals surface area contributed by atoms with Gasteiger partial charge in [-0.05, 0) is 24.3 Å². The number of carbonyl (C=O) groups excluding carboxylic acids is 1. The summed E-state index contributed by atoms with van der Waals surface area (Å²) in [4.78, 5) is 10.9. The normalized spacial score (nSPS) is 10.2. The van der Waals surface area contributed by atoms with Crippen LogP contribution in [0.4, 0.5) is 0 Å². The maximum Gasteiger partial charge on any atom is 0.203 e. The van der Waals surface area contributed by atoms with Crippen LogP contribution in [0.25, 0.3) is 0 Å². The molecule has 0 atom stereocenters. The Balaban J connectivity index is 2.30. The Morgan fingerprint density at radius 1 is 1.05 bits per heavy atom. The summed E-state index contributed by atoms with van der Waals surface area (Å²) in [5.74, 6) is 1.22. The predicted molar refractivity (Wildman–Crippen MR) is 85.7 cm³/mol. The molecule has 0 heterocycles. The topological polar surface area (TPSA) is 44.8 Å². The summed E-state index contributed by atoms with van der Waals surface area (Å²) in [7, 11) is 2.98. The first kappa shape index (κ1) is 16.5. The van der Waals surface area contributed by atoms with Crippen molar-refractivity contribution >= 4 is 29.5 Å². The quantitative estimate of drug-likeness (QED) is 0.731. The minimum absolute atomic E-state index is 0.211. The molecule has 0 radical (unpaired) electrons. The molecule has 0 N–H and O–H groups in total. The van der Waals surface area contributed by atoms with E-state index in [0.717, 1.165) is 5.56 Å². The van der Waals surface area contributed by atoms with Crippen molar-refractivity contribution in [1.82, 2.24) is 0 Å². The first-order chi connectivity index (χ1) is 10.6. The molecular weight excluding hydrogens is 327 g/mol. The standard InChI is InChI=1S/C16H14Cl2O4/c1-20-14-5-10(8-19)6-15(21-2)16(14)22-9-11-3-4-12(17)7-13(11)18/h3-8H,9H2,1-2H3. The molecule has 0 aliphatic rings. The van der Waals surface area contributed by atoms with E-state index in [4.69, 9.17) is 37.4 Å². The Morgan fingerprint density at radius 3 is 2.18 bits per heavy atom. The molecule has 4 nitrogen and oxygen atoms in total. The van der Waals surface area contributed by atoms with Gasteiger partial charge in [0.1, 0.15) is 12.9 Å². The van der Waals surface area contributed by atoms with E-state index in [2.05, 4.69) is 0 Å². The van der Waals surface area contributed by atoms with Gasteiger partial charge in [-0.3, -0.25) is 4.79 Å². The van der Waals surface area contributed by atoms with Gasteiger partial charge >= 0.3 is 0 Å². The van der Waals surface area contributed by atoms with E-state index >= 15 is 0 Å². The van der Waals surface area contributed by atoms with Gasteiger partial charge in [0.05, 0.1) is 14.2 Å². The van der Waals surface area contributed by atoms with Crippen molar-refractivity contribution in [3.05, 3.63) is 51.5 Å². The first-order valence-corrected chi connectivity index (χ1v) is 7.12. The average molecular weight is 341 g/mol. The highest BCUT2D eigenvalue weighted by Crippen LogP contribution is 2.39. The maximum absolute atomic E-state index is 10.9. The van der Waals surface area contributed by atoms with Crippen molar-refractivity contribution in [3.8, 4) is 17.2 Å². The number of carbonyl (C=O) groups is 1. The summed E-state index contributed by atoms with van der Waals surface area (Å²) in [5.41, 5.74) is 1.21. The third-order valence-corrected chi connectivity index (χ3v) is 3.59. The zero-order valence-electron chi connectivity index (χ0n) is 12.1. The van der Waals surface area contributed by atoms with Crippen LogP contribution in [0.15, 0.2) is 30.3 Å². The molecule has 0 amide bonds. The number of halogens is 2. The van der Waals surface area contributed by atoms with E-state index in [1.165, 1.54) is 14.2 Å². The predicted octanol–water partition coefficient (Wildman–Crippen LogP) is 4.40. The van der Waals surface area contributed by atoms with Crippen LogP contribution in [0.5, 0.6) is 17.2 Å². The maximum atomic E-state index is 10.9. The minimum atomic E-state index is 0.211. The largest absolute Gasteiger partial charge is 0.493 e. The average Bonchev–Trinajstić information content (AvgIpc) is 2.53. The smallest absolute Gasteiger partial charge is 0.203 e. The molecule has 22 heavy (non-hydrogen) atoms. The summed E-state index contributed by atoms with van der Waals surface area (Å²) in [6.45, 7) is 0.211. The number of methoxy groups -OCH3 is 2. The molecule has 2 rings (SSSR count). The van der Waals surface area contributed by atoms with Crippen LogP contribution in [-0.2, 0) is 6.61 Å². The fourth-order valence-electron chi connectivity index (χ4n) is 1.90. The van der Waals surface area contributed by atoms with Crippen molar-refractivity contribution in [1.29, 1.82) is 0 Å². The van der Waals surface area contributed by atoms with Crippen molar-refractivity contribution in [2.75, 3.05) is 14.2 Å². The van der Waals surface area contributed by atoms with E-state index in [9.17, 15) is 4.79 Å². The Morgan fingerprint density at radius 2 is 1.68 bits per heavy atom. The van der Waals surface area contributed by atoms with Crippen LogP contribution in [-0.4, -0.2) is 20.5 Å². The van der Waals surface area contributed by atoms with Crippen LogP contribution in [0.2, 0.25) is 10.0 Å². The Labute approximate surface area is 138 Å². The number of aldehydes is 1. The Hall–Kier alpha value is -1.91. The van der Waals surface area contributed by atoms with E-state index in [1.807, 2.05) is 0 Å². The minimum Gasteiger partial charge on any atom is -0.493 e. The molecule has 2 aromatic rings. The van der Waals surface area contributed by atoms with E-state index < -0.39 is 0 Å². The lowest BCUT2D eigenvalue weighted by molar-refractivity contribution is 0.112. The third-order valence-electron chi connectivity index (χ3n) is 3.01. The van der Waals surface area contributed by atoms with Crippen LogP contribution >= 0.6 is 23.2 Å². The van der Waals surface area contributed by atoms with Crippen molar-refractivity contribution in [2.24, 2.45) is 0 Å². The lowest BCUT2D eigenvalue weighted by Gasteiger charge is -2.15. The van der Waals surface area contributed by atoms with Crippen LogP contribution in [0, 0.1) is 0 Å². The van der Waals surface area contributed by atoms with Crippen LogP contribution in [0.3, 0.4) is 0 Å². The van der Waals surface area contributed by atoms with Gasteiger partial charge in [0.25, 0.3) is 0 Å². The molecule has 0 aromatic heterocycles. The molecule has 2 aromatic carbocycles. The van der Waals surface area contributed by atoms with Gasteiger partial charge in [0.2, 0.25) is 5.75 Å². The second-order valence-corrected chi connectivity index (χ2v) is 5.24.